The average molecular weight is 403 g/mol. The Bertz CT molecular complexity index is 1020. The number of hydrogen-bond donors (Lipinski definition) is 1. The summed E-state index contributed by atoms with van der Waals surface area (Å²) in [5.74, 6) is 2.44. The van der Waals surface area contributed by atoms with E-state index in [0.29, 0.717) is 12.2 Å². The van der Waals surface area contributed by atoms with Crippen molar-refractivity contribution < 1.29 is 4.79 Å². The molecule has 2 aliphatic rings. The number of amides is 1. The Kier molecular flexibility index (Phi) is 5.13. The van der Waals surface area contributed by atoms with E-state index in [1.54, 1.807) is 12.4 Å². The number of nitrogens with zero attached hydrogens (tertiary/aromatic N) is 6. The Morgan fingerprint density at radius 1 is 0.967 bits per heavy atom. The van der Waals surface area contributed by atoms with Gasteiger partial charge < -0.3 is 15.1 Å². The van der Waals surface area contributed by atoms with Crippen LogP contribution in [0, 0.1) is 5.92 Å². The lowest BCUT2D eigenvalue weighted by atomic mass is 10.2. The van der Waals surface area contributed by atoms with Gasteiger partial charge in [-0.2, -0.15) is 0 Å². The zero-order valence-corrected chi connectivity index (χ0v) is 16.9. The van der Waals surface area contributed by atoms with Crippen molar-refractivity contribution >= 4 is 28.4 Å². The molecule has 3 heterocycles. The third kappa shape index (κ3) is 4.03. The number of benzene rings is 1. The second kappa shape index (κ2) is 8.22. The summed E-state index contributed by atoms with van der Waals surface area (Å²) >= 11 is 0. The molecule has 3 aromatic rings. The molecule has 1 aliphatic carbocycles. The van der Waals surface area contributed by atoms with Crippen molar-refractivity contribution in [3.63, 3.8) is 0 Å². The smallest absolute Gasteiger partial charge is 0.271 e. The van der Waals surface area contributed by atoms with Crippen molar-refractivity contribution in [2.24, 2.45) is 5.92 Å². The van der Waals surface area contributed by atoms with Gasteiger partial charge in [-0.15, -0.1) is 10.2 Å². The second-order valence-electron chi connectivity index (χ2n) is 7.95. The maximum atomic E-state index is 12.2. The fourth-order valence-electron chi connectivity index (χ4n) is 3.89. The number of anilines is 2. The highest BCUT2D eigenvalue weighted by atomic mass is 16.1. The minimum atomic E-state index is -0.143. The predicted molar refractivity (Wildman–Crippen MR) is 116 cm³/mol. The van der Waals surface area contributed by atoms with Crippen LogP contribution in [-0.4, -0.2) is 58.8 Å². The predicted octanol–water partition coefficient (Wildman–Crippen LogP) is 2.28. The molecule has 0 bridgehead atoms. The summed E-state index contributed by atoms with van der Waals surface area (Å²) in [6.07, 6.45) is 5.28. The standard InChI is InChI=1S/C22H25N7O/c30-22(23-10-9-16-5-6-16)19-7-8-20(27-26-19)28-11-13-29(14-12-28)21-17-3-1-2-4-18(17)24-15-25-21/h1-4,7-8,15-16H,5-6,9-14H2,(H,23,30). The van der Waals surface area contributed by atoms with Crippen LogP contribution in [0.5, 0.6) is 0 Å². The van der Waals surface area contributed by atoms with Crippen molar-refractivity contribution in [2.75, 3.05) is 42.5 Å². The SMILES string of the molecule is O=C(NCCC1CC1)c1ccc(N2CCN(c3ncnc4ccccc34)CC2)nn1. The van der Waals surface area contributed by atoms with E-state index in [0.717, 1.165) is 61.1 Å². The molecule has 1 N–H and O–H groups in total. The van der Waals surface area contributed by atoms with E-state index in [2.05, 4.69) is 41.3 Å². The van der Waals surface area contributed by atoms with Crippen LogP contribution in [0.2, 0.25) is 0 Å². The molecule has 30 heavy (non-hydrogen) atoms. The van der Waals surface area contributed by atoms with Gasteiger partial charge in [0.2, 0.25) is 0 Å². The quantitative estimate of drug-likeness (QED) is 0.676. The highest BCUT2D eigenvalue weighted by Crippen LogP contribution is 2.31. The number of para-hydroxylation sites is 1. The minimum Gasteiger partial charge on any atom is -0.352 e. The topological polar surface area (TPSA) is 87.1 Å². The minimum absolute atomic E-state index is 0.143. The summed E-state index contributed by atoms with van der Waals surface area (Å²) in [6.45, 7) is 4.03. The molecule has 2 aromatic heterocycles. The van der Waals surface area contributed by atoms with Crippen LogP contribution in [-0.2, 0) is 0 Å². The highest BCUT2D eigenvalue weighted by Gasteiger charge is 2.22. The number of carbonyl (C=O) groups is 1. The van der Waals surface area contributed by atoms with Gasteiger partial charge in [0.05, 0.1) is 5.52 Å². The fourth-order valence-corrected chi connectivity index (χ4v) is 3.89. The number of piperazine rings is 1. The number of nitrogens with one attached hydrogen (secondary N) is 1. The molecule has 1 amide bonds. The third-order valence-electron chi connectivity index (χ3n) is 5.84. The first-order chi connectivity index (χ1) is 14.8. The molecule has 8 nitrogen and oxygen atoms in total. The Morgan fingerprint density at radius 3 is 2.53 bits per heavy atom. The first-order valence-corrected chi connectivity index (χ1v) is 10.6. The number of aromatic nitrogens is 4. The van der Waals surface area contributed by atoms with Gasteiger partial charge in [0.1, 0.15) is 12.1 Å². The van der Waals surface area contributed by atoms with Crippen molar-refractivity contribution in [2.45, 2.75) is 19.3 Å². The third-order valence-corrected chi connectivity index (χ3v) is 5.84. The number of carbonyl (C=O) groups excluding carboxylic acids is 1. The van der Waals surface area contributed by atoms with E-state index in [9.17, 15) is 4.79 Å². The summed E-state index contributed by atoms with van der Waals surface area (Å²) in [5.41, 5.74) is 1.34. The molecule has 5 rings (SSSR count). The fraction of sp³-hybridized carbons (Fsp3) is 0.409. The summed E-state index contributed by atoms with van der Waals surface area (Å²) in [6, 6.07) is 11.7. The van der Waals surface area contributed by atoms with Gasteiger partial charge in [-0.1, -0.05) is 25.0 Å². The largest absolute Gasteiger partial charge is 0.352 e. The molecule has 0 spiro atoms. The number of hydrogen-bond acceptors (Lipinski definition) is 7. The summed E-state index contributed by atoms with van der Waals surface area (Å²) < 4.78 is 0. The van der Waals surface area contributed by atoms with E-state index in [1.807, 2.05) is 24.3 Å². The molecular weight excluding hydrogens is 378 g/mol. The molecular formula is C22H25N7O. The summed E-state index contributed by atoms with van der Waals surface area (Å²) in [7, 11) is 0. The molecule has 2 fully saturated rings. The van der Waals surface area contributed by atoms with Crippen molar-refractivity contribution in [3.05, 3.63) is 48.4 Å². The van der Waals surface area contributed by atoms with E-state index in [-0.39, 0.29) is 5.91 Å². The van der Waals surface area contributed by atoms with Gasteiger partial charge in [-0.3, -0.25) is 4.79 Å². The molecule has 0 radical (unpaired) electrons. The number of rotatable bonds is 6. The highest BCUT2D eigenvalue weighted by molar-refractivity contribution is 5.92. The lowest BCUT2D eigenvalue weighted by molar-refractivity contribution is 0.0946. The Balaban J connectivity index is 1.19. The van der Waals surface area contributed by atoms with Crippen LogP contribution >= 0.6 is 0 Å². The van der Waals surface area contributed by atoms with Gasteiger partial charge in [-0.05, 0) is 36.6 Å². The molecule has 8 heteroatoms. The van der Waals surface area contributed by atoms with Crippen molar-refractivity contribution in [1.29, 1.82) is 0 Å². The van der Waals surface area contributed by atoms with E-state index in [1.165, 1.54) is 12.8 Å². The Morgan fingerprint density at radius 2 is 1.77 bits per heavy atom. The molecule has 0 unspecified atom stereocenters. The van der Waals surface area contributed by atoms with Crippen LogP contribution in [0.1, 0.15) is 29.8 Å². The lowest BCUT2D eigenvalue weighted by Crippen LogP contribution is -2.47. The maximum Gasteiger partial charge on any atom is 0.271 e. The van der Waals surface area contributed by atoms with Gasteiger partial charge in [0, 0.05) is 38.1 Å². The van der Waals surface area contributed by atoms with Crippen LogP contribution in [0.25, 0.3) is 10.9 Å². The van der Waals surface area contributed by atoms with Crippen molar-refractivity contribution in [1.82, 2.24) is 25.5 Å². The molecule has 1 aliphatic heterocycles. The van der Waals surface area contributed by atoms with Gasteiger partial charge in [0.15, 0.2) is 11.5 Å². The van der Waals surface area contributed by atoms with E-state index in [4.69, 9.17) is 0 Å². The normalized spacial score (nSPS) is 16.7. The van der Waals surface area contributed by atoms with Gasteiger partial charge in [-0.25, -0.2) is 9.97 Å². The summed E-state index contributed by atoms with van der Waals surface area (Å²) in [5, 5.41) is 12.5. The lowest BCUT2D eigenvalue weighted by Gasteiger charge is -2.36. The van der Waals surface area contributed by atoms with Crippen LogP contribution in [0.15, 0.2) is 42.7 Å². The molecule has 1 aromatic carbocycles. The first kappa shape index (κ1) is 18.7. The number of fused-ring (bicyclic) bond motifs is 1. The zero-order valence-electron chi connectivity index (χ0n) is 16.9. The van der Waals surface area contributed by atoms with Crippen LogP contribution in [0.4, 0.5) is 11.6 Å². The first-order valence-electron chi connectivity index (χ1n) is 10.6. The van der Waals surface area contributed by atoms with Gasteiger partial charge in [0.25, 0.3) is 5.91 Å². The van der Waals surface area contributed by atoms with E-state index >= 15 is 0 Å². The van der Waals surface area contributed by atoms with Crippen LogP contribution in [0.3, 0.4) is 0 Å². The Hall–Kier alpha value is -3.29. The maximum absolute atomic E-state index is 12.2. The zero-order chi connectivity index (χ0) is 20.3. The monoisotopic (exact) mass is 403 g/mol. The van der Waals surface area contributed by atoms with Crippen molar-refractivity contribution in [3.8, 4) is 0 Å². The summed E-state index contributed by atoms with van der Waals surface area (Å²) in [4.78, 5) is 25.6. The molecule has 1 saturated carbocycles. The molecule has 1 saturated heterocycles. The molecule has 154 valence electrons. The van der Waals surface area contributed by atoms with E-state index < -0.39 is 0 Å². The second-order valence-corrected chi connectivity index (χ2v) is 7.95. The van der Waals surface area contributed by atoms with Gasteiger partial charge >= 0.3 is 0 Å². The Labute approximate surface area is 175 Å². The molecule has 0 atom stereocenters. The van der Waals surface area contributed by atoms with Crippen LogP contribution < -0.4 is 15.1 Å². The average Bonchev–Trinajstić information content (AvgIpc) is 3.63.